The first-order chi connectivity index (χ1) is 12.7. The Morgan fingerprint density at radius 2 is 1.35 bits per heavy atom. The van der Waals surface area contributed by atoms with E-state index in [-0.39, 0.29) is 11.6 Å². The molecule has 1 saturated heterocycles. The predicted octanol–water partition coefficient (Wildman–Crippen LogP) is 3.90. The van der Waals surface area contributed by atoms with Crippen LogP contribution in [-0.4, -0.2) is 36.6 Å². The molecule has 0 N–H and O–H groups in total. The molecule has 0 bridgehead atoms. The Morgan fingerprint density at radius 3 is 2.00 bits per heavy atom. The number of hydrogen-bond donors (Lipinski definition) is 0. The molecule has 0 saturated carbocycles. The molecule has 0 radical (unpaired) electrons. The number of allylic oxidation sites excluding steroid dienone is 2. The van der Waals surface area contributed by atoms with Gasteiger partial charge in [-0.1, -0.05) is 42.5 Å². The summed E-state index contributed by atoms with van der Waals surface area (Å²) < 4.78 is 0. The second-order valence-corrected chi connectivity index (χ2v) is 6.84. The number of anilines is 1. The quantitative estimate of drug-likeness (QED) is 0.845. The zero-order chi connectivity index (χ0) is 18.1. The number of carbonyl (C=O) groups excluding carboxylic acids is 2. The smallest absolute Gasteiger partial charge is 0.212 e. The van der Waals surface area contributed by atoms with Crippen molar-refractivity contribution in [1.82, 2.24) is 4.90 Å². The normalized spacial score (nSPS) is 17.3. The summed E-state index contributed by atoms with van der Waals surface area (Å²) in [6, 6.07) is 16.9. The Morgan fingerprint density at radius 1 is 0.769 bits per heavy atom. The van der Waals surface area contributed by atoms with Crippen LogP contribution in [0.5, 0.6) is 0 Å². The standard InChI is InChI=1S/C22H22N2O2/c1-23(16-10-4-2-5-11-16)19-20(24-14-8-3-9-15-24)22(26)18-13-7-6-12-17(18)21(19)25/h2,4-7,10-13H,3,8-9,14-15H2,1H3. The molecular weight excluding hydrogens is 324 g/mol. The number of rotatable bonds is 3. The zero-order valence-corrected chi connectivity index (χ0v) is 14.9. The van der Waals surface area contributed by atoms with E-state index in [2.05, 4.69) is 4.90 Å². The molecule has 1 fully saturated rings. The first-order valence-electron chi connectivity index (χ1n) is 9.15. The van der Waals surface area contributed by atoms with Gasteiger partial charge in [0.05, 0.1) is 0 Å². The van der Waals surface area contributed by atoms with Gasteiger partial charge >= 0.3 is 0 Å². The molecule has 0 aromatic heterocycles. The molecule has 2 aromatic carbocycles. The molecule has 1 heterocycles. The molecule has 4 nitrogen and oxygen atoms in total. The Balaban J connectivity index is 1.88. The fourth-order valence-electron chi connectivity index (χ4n) is 3.85. The number of piperidine rings is 1. The third-order valence-electron chi connectivity index (χ3n) is 5.22. The van der Waals surface area contributed by atoms with Gasteiger partial charge in [-0.05, 0) is 31.4 Å². The maximum absolute atomic E-state index is 13.4. The number of carbonyl (C=O) groups is 2. The van der Waals surface area contributed by atoms with Crippen molar-refractivity contribution in [3.8, 4) is 0 Å². The van der Waals surface area contributed by atoms with Crippen molar-refractivity contribution in [1.29, 1.82) is 0 Å². The molecule has 1 aliphatic carbocycles. The van der Waals surface area contributed by atoms with Crippen LogP contribution in [0.4, 0.5) is 5.69 Å². The van der Waals surface area contributed by atoms with Gasteiger partial charge in [0.1, 0.15) is 11.4 Å². The van der Waals surface area contributed by atoms with E-state index < -0.39 is 0 Å². The van der Waals surface area contributed by atoms with Crippen molar-refractivity contribution in [3.63, 3.8) is 0 Å². The lowest BCUT2D eigenvalue weighted by Crippen LogP contribution is -2.41. The van der Waals surface area contributed by atoms with Crippen molar-refractivity contribution >= 4 is 17.3 Å². The minimum Gasteiger partial charge on any atom is -0.367 e. The topological polar surface area (TPSA) is 40.6 Å². The van der Waals surface area contributed by atoms with Crippen LogP contribution < -0.4 is 4.90 Å². The van der Waals surface area contributed by atoms with Gasteiger partial charge in [-0.3, -0.25) is 9.59 Å². The Hall–Kier alpha value is -2.88. The molecule has 4 heteroatoms. The SMILES string of the molecule is CN(C1=C(N2CCCCC2)C(=O)c2ccccc2C1=O)c1ccccc1. The maximum Gasteiger partial charge on any atom is 0.212 e. The second kappa shape index (κ2) is 6.79. The number of fused-ring (bicyclic) bond motifs is 1. The van der Waals surface area contributed by atoms with Crippen LogP contribution in [-0.2, 0) is 0 Å². The molecule has 2 aromatic rings. The molecular formula is C22H22N2O2. The van der Waals surface area contributed by atoms with E-state index in [0.29, 0.717) is 22.5 Å². The molecule has 0 spiro atoms. The van der Waals surface area contributed by atoms with Crippen LogP contribution in [0.2, 0.25) is 0 Å². The Kier molecular flexibility index (Phi) is 4.33. The van der Waals surface area contributed by atoms with Gasteiger partial charge in [-0.25, -0.2) is 0 Å². The third-order valence-corrected chi connectivity index (χ3v) is 5.22. The molecule has 2 aliphatic rings. The van der Waals surface area contributed by atoms with Crippen LogP contribution in [0.1, 0.15) is 40.0 Å². The minimum atomic E-state index is -0.0767. The molecule has 26 heavy (non-hydrogen) atoms. The number of Topliss-reactive ketones (excluding diaryl/α,β-unsaturated/α-hetero) is 2. The summed E-state index contributed by atoms with van der Waals surface area (Å²) in [5, 5.41) is 0. The van der Waals surface area contributed by atoms with Gasteiger partial charge in [0, 0.05) is 37.0 Å². The highest BCUT2D eigenvalue weighted by Gasteiger charge is 2.37. The molecule has 132 valence electrons. The summed E-state index contributed by atoms with van der Waals surface area (Å²) in [6.07, 6.45) is 3.27. The van der Waals surface area contributed by atoms with Crippen LogP contribution >= 0.6 is 0 Å². The third kappa shape index (κ3) is 2.71. The summed E-state index contributed by atoms with van der Waals surface area (Å²) in [4.78, 5) is 30.6. The summed E-state index contributed by atoms with van der Waals surface area (Å²) in [5.74, 6) is -0.119. The molecule has 4 rings (SSSR count). The fraction of sp³-hybridized carbons (Fsp3) is 0.273. The van der Waals surface area contributed by atoms with E-state index in [9.17, 15) is 9.59 Å². The summed E-state index contributed by atoms with van der Waals surface area (Å²) in [6.45, 7) is 1.64. The van der Waals surface area contributed by atoms with E-state index in [0.717, 1.165) is 31.6 Å². The van der Waals surface area contributed by atoms with Crippen LogP contribution in [0.25, 0.3) is 0 Å². The lowest BCUT2D eigenvalue weighted by Gasteiger charge is -2.36. The van der Waals surface area contributed by atoms with Crippen LogP contribution in [0, 0.1) is 0 Å². The maximum atomic E-state index is 13.4. The van der Waals surface area contributed by atoms with Crippen LogP contribution in [0.15, 0.2) is 66.0 Å². The first-order valence-corrected chi connectivity index (χ1v) is 9.15. The Bertz CT molecular complexity index is 880. The summed E-state index contributed by atoms with van der Waals surface area (Å²) >= 11 is 0. The fourth-order valence-corrected chi connectivity index (χ4v) is 3.85. The van der Waals surface area contributed by atoms with Gasteiger partial charge in [0.2, 0.25) is 11.6 Å². The number of hydrogen-bond acceptors (Lipinski definition) is 4. The highest BCUT2D eigenvalue weighted by Crippen LogP contribution is 2.33. The molecule has 0 unspecified atom stereocenters. The van der Waals surface area contributed by atoms with Gasteiger partial charge < -0.3 is 9.80 Å². The van der Waals surface area contributed by atoms with Crippen molar-refractivity contribution in [3.05, 3.63) is 77.1 Å². The molecule has 1 aliphatic heterocycles. The average molecular weight is 346 g/mol. The van der Waals surface area contributed by atoms with Crippen LogP contribution in [0.3, 0.4) is 0 Å². The van der Waals surface area contributed by atoms with Gasteiger partial charge in [0.25, 0.3) is 0 Å². The van der Waals surface area contributed by atoms with Gasteiger partial charge in [-0.15, -0.1) is 0 Å². The van der Waals surface area contributed by atoms with Crippen molar-refractivity contribution < 1.29 is 9.59 Å². The molecule has 0 amide bonds. The zero-order valence-electron chi connectivity index (χ0n) is 14.9. The minimum absolute atomic E-state index is 0.0418. The number of likely N-dealkylation sites (tertiary alicyclic amines) is 1. The summed E-state index contributed by atoms with van der Waals surface area (Å²) in [7, 11) is 1.87. The van der Waals surface area contributed by atoms with Gasteiger partial charge in [-0.2, -0.15) is 0 Å². The van der Waals surface area contributed by atoms with E-state index in [4.69, 9.17) is 0 Å². The molecule has 0 atom stereocenters. The van der Waals surface area contributed by atoms with E-state index in [1.807, 2.05) is 54.4 Å². The van der Waals surface area contributed by atoms with Crippen molar-refractivity contribution in [2.45, 2.75) is 19.3 Å². The van der Waals surface area contributed by atoms with Crippen molar-refractivity contribution in [2.75, 3.05) is 25.0 Å². The monoisotopic (exact) mass is 346 g/mol. The lowest BCUT2D eigenvalue weighted by atomic mass is 9.88. The van der Waals surface area contributed by atoms with E-state index in [1.54, 1.807) is 12.1 Å². The number of likely N-dealkylation sites (N-methyl/N-ethyl adjacent to an activating group) is 1. The highest BCUT2D eigenvalue weighted by atomic mass is 16.1. The number of benzene rings is 2. The largest absolute Gasteiger partial charge is 0.367 e. The number of para-hydroxylation sites is 1. The first kappa shape index (κ1) is 16.6. The number of ketones is 2. The lowest BCUT2D eigenvalue weighted by molar-refractivity contribution is 0.0932. The summed E-state index contributed by atoms with van der Waals surface area (Å²) in [5.41, 5.74) is 2.96. The number of nitrogens with zero attached hydrogens (tertiary/aromatic N) is 2. The van der Waals surface area contributed by atoms with E-state index in [1.165, 1.54) is 6.42 Å². The predicted molar refractivity (Wildman–Crippen MR) is 102 cm³/mol. The highest BCUT2D eigenvalue weighted by molar-refractivity contribution is 6.27. The average Bonchev–Trinajstić information content (AvgIpc) is 2.71. The van der Waals surface area contributed by atoms with E-state index >= 15 is 0 Å². The Labute approximate surface area is 153 Å². The second-order valence-electron chi connectivity index (χ2n) is 6.84. The van der Waals surface area contributed by atoms with Crippen molar-refractivity contribution in [2.24, 2.45) is 0 Å². The van der Waals surface area contributed by atoms with Gasteiger partial charge in [0.15, 0.2) is 0 Å².